The molecule has 0 aliphatic carbocycles. The Balaban J connectivity index is 0.00000124. The van der Waals surface area contributed by atoms with Gasteiger partial charge in [0.2, 0.25) is 17.7 Å². The number of aliphatic hydroxyl groups is 2. The third kappa shape index (κ3) is 6.92. The molecule has 5 atom stereocenters. The monoisotopic (exact) mass is 643 g/mol. The molecule has 2 saturated heterocycles. The van der Waals surface area contributed by atoms with E-state index >= 15 is 0 Å². The van der Waals surface area contributed by atoms with Crippen LogP contribution in [0.15, 0.2) is 71.4 Å². The predicted molar refractivity (Wildman–Crippen MR) is 171 cm³/mol. The van der Waals surface area contributed by atoms with E-state index in [2.05, 4.69) is 55.4 Å². The average molecular weight is 644 g/mol. The summed E-state index contributed by atoms with van der Waals surface area (Å²) in [5, 5.41) is 47.2. The summed E-state index contributed by atoms with van der Waals surface area (Å²) in [6.07, 6.45) is -1.55. The summed E-state index contributed by atoms with van der Waals surface area (Å²) in [5.41, 5.74) is 3.31. The number of benzene rings is 2. The highest BCUT2D eigenvalue weighted by atomic mass is 16.6. The molecule has 2 fully saturated rings. The second-order valence-electron chi connectivity index (χ2n) is 11.2. The van der Waals surface area contributed by atoms with Crippen molar-refractivity contribution in [3.63, 3.8) is 0 Å². The van der Waals surface area contributed by atoms with Crippen molar-refractivity contribution in [2.24, 2.45) is 0 Å². The van der Waals surface area contributed by atoms with Crippen LogP contribution >= 0.6 is 0 Å². The maximum atomic E-state index is 11.1. The zero-order chi connectivity index (χ0) is 32.8. The van der Waals surface area contributed by atoms with Gasteiger partial charge in [0.1, 0.15) is 12.2 Å². The molecule has 0 saturated carbocycles. The highest BCUT2D eigenvalue weighted by Crippen LogP contribution is 2.40. The molecular formula is C32H37N9O6. The van der Waals surface area contributed by atoms with Crippen LogP contribution in [-0.2, 0) is 16.0 Å². The number of aryl methyl sites for hydroxylation is 1. The minimum Gasteiger partial charge on any atom is -0.483 e. The number of carboxylic acid groups (broad SMARTS) is 1. The first kappa shape index (κ1) is 32.0. The van der Waals surface area contributed by atoms with Gasteiger partial charge in [-0.1, -0.05) is 67.6 Å². The van der Waals surface area contributed by atoms with Gasteiger partial charge in [0.25, 0.3) is 6.47 Å². The second-order valence-corrected chi connectivity index (χ2v) is 11.2. The van der Waals surface area contributed by atoms with Gasteiger partial charge in [0.15, 0.2) is 29.3 Å². The summed E-state index contributed by atoms with van der Waals surface area (Å²) >= 11 is 0. The van der Waals surface area contributed by atoms with Crippen molar-refractivity contribution in [1.29, 1.82) is 0 Å². The Bertz CT molecular complexity index is 1710. The van der Waals surface area contributed by atoms with Crippen molar-refractivity contribution < 1.29 is 29.3 Å². The maximum absolute atomic E-state index is 11.1. The van der Waals surface area contributed by atoms with Gasteiger partial charge >= 0.3 is 0 Å². The van der Waals surface area contributed by atoms with E-state index in [1.165, 1.54) is 11.1 Å². The lowest BCUT2D eigenvalue weighted by molar-refractivity contribution is -0.122. The first-order chi connectivity index (χ1) is 23.0. The normalized spacial score (nSPS) is 22.3. The molecule has 15 heteroatoms. The molecule has 5 aromatic rings. The van der Waals surface area contributed by atoms with Crippen LogP contribution in [0.2, 0.25) is 0 Å². The Kier molecular flexibility index (Phi) is 9.97. The fourth-order valence-corrected chi connectivity index (χ4v) is 5.87. The molecule has 2 aliphatic rings. The van der Waals surface area contributed by atoms with Crippen molar-refractivity contribution in [1.82, 2.24) is 35.0 Å². The number of ether oxygens (including phenoxy) is 1. The fourth-order valence-electron chi connectivity index (χ4n) is 5.87. The molecule has 246 valence electrons. The first-order valence-electron chi connectivity index (χ1n) is 15.5. The van der Waals surface area contributed by atoms with Crippen LogP contribution in [-0.4, -0.2) is 89.4 Å². The van der Waals surface area contributed by atoms with E-state index < -0.39 is 24.5 Å². The third-order valence-corrected chi connectivity index (χ3v) is 8.23. The van der Waals surface area contributed by atoms with Gasteiger partial charge < -0.3 is 40.4 Å². The molecule has 2 aromatic carbocycles. The van der Waals surface area contributed by atoms with Crippen LogP contribution in [0.1, 0.15) is 54.5 Å². The number of anilines is 2. The van der Waals surface area contributed by atoms with Crippen molar-refractivity contribution >= 4 is 29.4 Å². The van der Waals surface area contributed by atoms with Crippen molar-refractivity contribution in [2.45, 2.75) is 56.3 Å². The Hall–Kier alpha value is -4.96. The molecule has 0 bridgehead atoms. The molecule has 47 heavy (non-hydrogen) atoms. The standard InChI is InChI=1S/C31H35N9O4.CH2O2/c1-2-22-38-39-29(43-22)26-24(41)25(42)30(44-26)40-17-34-23-27(36-31(37-28(23)40)35-20-13-14-32-15-20)33-16-21(18-9-5-3-6-10-18)19-11-7-4-8-12-19;2-1-3/h3-12,17,20-21,24-26,30,32,41-42H,2,13-16H2,1H3,(H2,33,35,36,37);1H,(H,2,3)/t20?,24-,25+,26-,30+;/m0./s1. The third-order valence-electron chi connectivity index (χ3n) is 8.23. The van der Waals surface area contributed by atoms with Gasteiger partial charge in [0.05, 0.1) is 6.33 Å². The summed E-state index contributed by atoms with van der Waals surface area (Å²) in [5.74, 6) is 1.57. The van der Waals surface area contributed by atoms with Crippen molar-refractivity contribution in [3.8, 4) is 0 Å². The number of hydrogen-bond acceptors (Lipinski definition) is 13. The quantitative estimate of drug-likeness (QED) is 0.121. The zero-order valence-corrected chi connectivity index (χ0v) is 25.7. The van der Waals surface area contributed by atoms with Crippen LogP contribution in [0.5, 0.6) is 0 Å². The van der Waals surface area contributed by atoms with Crippen LogP contribution in [0.4, 0.5) is 11.8 Å². The molecule has 0 radical (unpaired) electrons. The van der Waals surface area contributed by atoms with Gasteiger partial charge in [-0.15, -0.1) is 10.2 Å². The molecule has 0 amide bonds. The number of carbonyl (C=O) groups is 1. The lowest BCUT2D eigenvalue weighted by Gasteiger charge is -2.20. The van der Waals surface area contributed by atoms with E-state index in [9.17, 15) is 10.2 Å². The SMILES string of the molecule is CCc1nnc([C@H]2O[C@@H](n3cnc4c(NCC(c5ccccc5)c5ccccc5)nc(NC5CCNC5)nc43)[C@H](O)[C@@H]2O)o1.O=CO. The second kappa shape index (κ2) is 14.6. The van der Waals surface area contributed by atoms with Crippen molar-refractivity contribution in [3.05, 3.63) is 89.9 Å². The van der Waals surface area contributed by atoms with E-state index in [1.807, 2.05) is 43.3 Å². The fraction of sp³-hybridized carbons (Fsp3) is 0.375. The number of imidazole rings is 1. The number of aromatic nitrogens is 6. The van der Waals surface area contributed by atoms with Gasteiger partial charge in [-0.25, -0.2) is 4.98 Å². The molecule has 2 aliphatic heterocycles. The summed E-state index contributed by atoms with van der Waals surface area (Å²) in [7, 11) is 0. The van der Waals surface area contributed by atoms with Crippen molar-refractivity contribution in [2.75, 3.05) is 30.3 Å². The van der Waals surface area contributed by atoms with Crippen LogP contribution in [0.25, 0.3) is 11.2 Å². The lowest BCUT2D eigenvalue weighted by atomic mass is 9.91. The van der Waals surface area contributed by atoms with E-state index in [4.69, 9.17) is 29.0 Å². The van der Waals surface area contributed by atoms with E-state index in [1.54, 1.807) is 10.9 Å². The van der Waals surface area contributed by atoms with Gasteiger partial charge in [0, 0.05) is 31.5 Å². The summed E-state index contributed by atoms with van der Waals surface area (Å²) in [4.78, 5) is 22.7. The predicted octanol–water partition coefficient (Wildman–Crippen LogP) is 2.48. The Morgan fingerprint density at radius 3 is 2.36 bits per heavy atom. The Morgan fingerprint density at radius 2 is 1.74 bits per heavy atom. The number of nitrogens with zero attached hydrogens (tertiary/aromatic N) is 6. The molecule has 0 spiro atoms. The Morgan fingerprint density at radius 1 is 1.04 bits per heavy atom. The first-order valence-corrected chi connectivity index (χ1v) is 15.5. The number of aliphatic hydroxyl groups excluding tert-OH is 2. The number of rotatable bonds is 10. The van der Waals surface area contributed by atoms with Crippen LogP contribution in [0, 0.1) is 0 Å². The highest BCUT2D eigenvalue weighted by Gasteiger charge is 2.47. The molecule has 5 heterocycles. The summed E-state index contributed by atoms with van der Waals surface area (Å²) in [6, 6.07) is 20.8. The Labute approximate surface area is 270 Å². The van der Waals surface area contributed by atoms with E-state index in [0.717, 1.165) is 19.5 Å². The highest BCUT2D eigenvalue weighted by molar-refractivity contribution is 5.84. The molecule has 1 unspecified atom stereocenters. The van der Waals surface area contributed by atoms with E-state index in [0.29, 0.717) is 41.8 Å². The number of fused-ring (bicyclic) bond motifs is 1. The number of nitrogens with one attached hydrogen (secondary N) is 3. The van der Waals surface area contributed by atoms with Crippen LogP contribution in [0.3, 0.4) is 0 Å². The summed E-state index contributed by atoms with van der Waals surface area (Å²) < 4.78 is 13.4. The molecule has 6 N–H and O–H groups in total. The molecule has 7 rings (SSSR count). The van der Waals surface area contributed by atoms with Gasteiger partial charge in [-0.3, -0.25) is 9.36 Å². The molecular weight excluding hydrogens is 606 g/mol. The van der Waals surface area contributed by atoms with E-state index in [-0.39, 0.29) is 24.3 Å². The van der Waals surface area contributed by atoms with Crippen LogP contribution < -0.4 is 16.0 Å². The topological polar surface area (TPSA) is 206 Å². The lowest BCUT2D eigenvalue weighted by Crippen LogP contribution is -2.29. The molecule has 3 aromatic heterocycles. The zero-order valence-electron chi connectivity index (χ0n) is 25.7. The van der Waals surface area contributed by atoms with Gasteiger partial charge in [-0.2, -0.15) is 9.97 Å². The smallest absolute Gasteiger partial charge is 0.290 e. The maximum Gasteiger partial charge on any atom is 0.290 e. The summed E-state index contributed by atoms with van der Waals surface area (Å²) in [6.45, 7) is 3.90. The minimum absolute atomic E-state index is 0.0539. The van der Waals surface area contributed by atoms with Gasteiger partial charge in [-0.05, 0) is 24.1 Å². The largest absolute Gasteiger partial charge is 0.483 e. The minimum atomic E-state index is -1.29. The molecule has 15 nitrogen and oxygen atoms in total. The average Bonchev–Trinajstić information content (AvgIpc) is 3.91. The number of hydrogen-bond donors (Lipinski definition) is 6.